The molecule has 3 rings (SSSR count). The topological polar surface area (TPSA) is 35.6 Å². The van der Waals surface area contributed by atoms with Gasteiger partial charge in [0.15, 0.2) is 0 Å². The van der Waals surface area contributed by atoms with Crippen molar-refractivity contribution in [2.75, 3.05) is 31.6 Å². The number of rotatable bonds is 3. The number of anilines is 1. The van der Waals surface area contributed by atoms with E-state index >= 15 is 0 Å². The van der Waals surface area contributed by atoms with Crippen LogP contribution in [0.25, 0.3) is 0 Å². The minimum atomic E-state index is 0.0387. The highest BCUT2D eigenvalue weighted by atomic mass is 35.5. The average molecular weight is 308 g/mol. The Labute approximate surface area is 131 Å². The van der Waals surface area contributed by atoms with Gasteiger partial charge in [-0.2, -0.15) is 0 Å². The van der Waals surface area contributed by atoms with Gasteiger partial charge in [0, 0.05) is 29.8 Å². The molecule has 0 aromatic heterocycles. The van der Waals surface area contributed by atoms with Crippen molar-refractivity contribution in [2.24, 2.45) is 0 Å². The van der Waals surface area contributed by atoms with Gasteiger partial charge in [-0.3, -0.25) is 9.69 Å². The number of amides is 1. The average Bonchev–Trinajstić information content (AvgIpc) is 2.90. The number of carbonyl (C=O) groups excluding carboxylic acids is 1. The summed E-state index contributed by atoms with van der Waals surface area (Å²) in [6.07, 6.45) is 3.28. The van der Waals surface area contributed by atoms with Crippen molar-refractivity contribution >= 4 is 23.2 Å². The van der Waals surface area contributed by atoms with Gasteiger partial charge in [-0.1, -0.05) is 11.6 Å². The molecule has 5 heteroatoms. The molecule has 1 aromatic rings. The van der Waals surface area contributed by atoms with Gasteiger partial charge in [-0.25, -0.2) is 0 Å². The lowest BCUT2D eigenvalue weighted by molar-refractivity contribution is -0.122. The summed E-state index contributed by atoms with van der Waals surface area (Å²) < 4.78 is 0. The fourth-order valence-electron chi connectivity index (χ4n) is 3.41. The van der Waals surface area contributed by atoms with Gasteiger partial charge in [0.05, 0.1) is 6.04 Å². The number of hydrogen-bond acceptors (Lipinski definition) is 3. The van der Waals surface area contributed by atoms with Gasteiger partial charge in [0.1, 0.15) is 0 Å². The van der Waals surface area contributed by atoms with Crippen LogP contribution in [0.4, 0.5) is 5.69 Å². The zero-order chi connectivity index (χ0) is 14.8. The summed E-state index contributed by atoms with van der Waals surface area (Å²) in [5.74, 6) is 0.231. The maximum atomic E-state index is 12.7. The smallest absolute Gasteiger partial charge is 0.244 e. The van der Waals surface area contributed by atoms with Crippen molar-refractivity contribution < 1.29 is 4.79 Å². The highest BCUT2D eigenvalue weighted by molar-refractivity contribution is 6.30. The quantitative estimate of drug-likeness (QED) is 0.929. The Morgan fingerprint density at radius 2 is 1.95 bits per heavy atom. The molecule has 1 N–H and O–H groups in total. The second-order valence-corrected chi connectivity index (χ2v) is 6.33. The summed E-state index contributed by atoms with van der Waals surface area (Å²) in [5, 5.41) is 4.04. The molecule has 2 saturated heterocycles. The highest BCUT2D eigenvalue weighted by Crippen LogP contribution is 2.27. The first-order valence-electron chi connectivity index (χ1n) is 7.67. The third kappa shape index (κ3) is 3.07. The van der Waals surface area contributed by atoms with Crippen LogP contribution >= 0.6 is 11.6 Å². The summed E-state index contributed by atoms with van der Waals surface area (Å²) in [6, 6.07) is 8.09. The Bertz CT molecular complexity index is 505. The number of carbonyl (C=O) groups is 1. The molecular formula is C16H22ClN3O. The Morgan fingerprint density at radius 3 is 2.67 bits per heavy atom. The maximum absolute atomic E-state index is 12.7. The van der Waals surface area contributed by atoms with E-state index in [0.717, 1.165) is 38.2 Å². The van der Waals surface area contributed by atoms with Crippen molar-refractivity contribution in [3.63, 3.8) is 0 Å². The Morgan fingerprint density at radius 1 is 1.19 bits per heavy atom. The fourth-order valence-corrected chi connectivity index (χ4v) is 3.53. The summed E-state index contributed by atoms with van der Waals surface area (Å²) in [7, 11) is 2.00. The van der Waals surface area contributed by atoms with Crippen LogP contribution in [0.5, 0.6) is 0 Å². The molecule has 0 aliphatic carbocycles. The van der Waals surface area contributed by atoms with Gasteiger partial charge in [-0.15, -0.1) is 0 Å². The second kappa shape index (κ2) is 6.34. The van der Waals surface area contributed by atoms with E-state index in [-0.39, 0.29) is 11.9 Å². The molecule has 2 fully saturated rings. The summed E-state index contributed by atoms with van der Waals surface area (Å²) in [6.45, 7) is 2.80. The van der Waals surface area contributed by atoms with Crippen LogP contribution in [0.1, 0.15) is 19.3 Å². The molecule has 1 amide bonds. The summed E-state index contributed by atoms with van der Waals surface area (Å²) in [4.78, 5) is 17.0. The lowest BCUT2D eigenvalue weighted by Crippen LogP contribution is -2.51. The lowest BCUT2D eigenvalue weighted by atomic mass is 10.0. The second-order valence-electron chi connectivity index (χ2n) is 5.89. The van der Waals surface area contributed by atoms with Crippen LogP contribution in [0.15, 0.2) is 24.3 Å². The van der Waals surface area contributed by atoms with Crippen molar-refractivity contribution in [3.8, 4) is 0 Å². The number of nitrogens with zero attached hydrogens (tertiary/aromatic N) is 2. The first kappa shape index (κ1) is 14.8. The predicted octanol–water partition coefficient (Wildman–Crippen LogP) is 2.13. The highest BCUT2D eigenvalue weighted by Gasteiger charge is 2.38. The normalized spacial score (nSPS) is 27.3. The van der Waals surface area contributed by atoms with E-state index in [2.05, 4.69) is 10.2 Å². The number of halogens is 1. The van der Waals surface area contributed by atoms with Crippen LogP contribution in [0, 0.1) is 0 Å². The molecule has 2 atom stereocenters. The van der Waals surface area contributed by atoms with E-state index in [1.807, 2.05) is 36.2 Å². The van der Waals surface area contributed by atoms with Crippen molar-refractivity contribution in [1.82, 2.24) is 10.2 Å². The molecule has 4 nitrogen and oxygen atoms in total. The first-order chi connectivity index (χ1) is 10.2. The van der Waals surface area contributed by atoms with Crippen LogP contribution in [-0.4, -0.2) is 49.6 Å². The monoisotopic (exact) mass is 307 g/mol. The zero-order valence-electron chi connectivity index (χ0n) is 12.4. The first-order valence-corrected chi connectivity index (χ1v) is 8.05. The maximum Gasteiger partial charge on any atom is 0.244 e. The molecule has 2 unspecified atom stereocenters. The molecule has 114 valence electrons. The van der Waals surface area contributed by atoms with Crippen molar-refractivity contribution in [1.29, 1.82) is 0 Å². The molecular weight excluding hydrogens is 286 g/mol. The third-order valence-electron chi connectivity index (χ3n) is 4.62. The summed E-state index contributed by atoms with van der Waals surface area (Å²) >= 11 is 5.92. The fraction of sp³-hybridized carbons (Fsp3) is 0.562. The van der Waals surface area contributed by atoms with E-state index in [1.165, 1.54) is 6.42 Å². The number of hydrogen-bond donors (Lipinski definition) is 1. The van der Waals surface area contributed by atoms with Crippen LogP contribution in [-0.2, 0) is 4.79 Å². The Kier molecular flexibility index (Phi) is 4.48. The number of benzene rings is 1. The molecule has 2 aliphatic heterocycles. The summed E-state index contributed by atoms with van der Waals surface area (Å²) in [5.41, 5.74) is 0.953. The minimum absolute atomic E-state index is 0.0387. The zero-order valence-corrected chi connectivity index (χ0v) is 13.1. The van der Waals surface area contributed by atoms with Gasteiger partial charge >= 0.3 is 0 Å². The van der Waals surface area contributed by atoms with Crippen LogP contribution < -0.4 is 10.2 Å². The van der Waals surface area contributed by atoms with E-state index in [4.69, 9.17) is 11.6 Å². The third-order valence-corrected chi connectivity index (χ3v) is 4.87. The number of piperidine rings is 1. The minimum Gasteiger partial charge on any atom is -0.316 e. The van der Waals surface area contributed by atoms with E-state index in [0.29, 0.717) is 11.1 Å². The SMILES string of the molecule is CNC1CCCN(C2CCN(c3ccc(Cl)cc3)C2=O)C1. The molecule has 2 heterocycles. The Hall–Kier alpha value is -1.10. The number of likely N-dealkylation sites (tertiary alicyclic amines) is 1. The molecule has 0 radical (unpaired) electrons. The van der Waals surface area contributed by atoms with E-state index in [1.54, 1.807) is 0 Å². The van der Waals surface area contributed by atoms with Gasteiger partial charge < -0.3 is 10.2 Å². The standard InChI is InChI=1S/C16H22ClN3O/c1-18-13-3-2-9-19(11-13)15-8-10-20(16(15)21)14-6-4-12(17)5-7-14/h4-7,13,15,18H,2-3,8-11H2,1H3. The molecule has 1 aromatic carbocycles. The van der Waals surface area contributed by atoms with Crippen LogP contribution in [0.2, 0.25) is 5.02 Å². The van der Waals surface area contributed by atoms with Crippen LogP contribution in [0.3, 0.4) is 0 Å². The predicted molar refractivity (Wildman–Crippen MR) is 85.9 cm³/mol. The van der Waals surface area contributed by atoms with E-state index in [9.17, 15) is 4.79 Å². The molecule has 0 bridgehead atoms. The van der Waals surface area contributed by atoms with Gasteiger partial charge in [0.25, 0.3) is 0 Å². The van der Waals surface area contributed by atoms with E-state index < -0.39 is 0 Å². The molecule has 2 aliphatic rings. The molecule has 0 saturated carbocycles. The largest absolute Gasteiger partial charge is 0.316 e. The van der Waals surface area contributed by atoms with Gasteiger partial charge in [-0.05, 0) is 57.1 Å². The molecule has 0 spiro atoms. The van der Waals surface area contributed by atoms with Crippen molar-refractivity contribution in [3.05, 3.63) is 29.3 Å². The number of nitrogens with one attached hydrogen (secondary N) is 1. The van der Waals surface area contributed by atoms with Gasteiger partial charge in [0.2, 0.25) is 5.91 Å². The number of likely N-dealkylation sites (N-methyl/N-ethyl adjacent to an activating group) is 1. The Balaban J connectivity index is 1.70. The lowest BCUT2D eigenvalue weighted by Gasteiger charge is -2.35. The van der Waals surface area contributed by atoms with Crippen molar-refractivity contribution in [2.45, 2.75) is 31.3 Å². The molecule has 21 heavy (non-hydrogen) atoms.